The minimum absolute atomic E-state index is 0.119. The molecule has 0 bridgehead atoms. The van der Waals surface area contributed by atoms with Gasteiger partial charge in [-0.05, 0) is 13.3 Å². The summed E-state index contributed by atoms with van der Waals surface area (Å²) in [5, 5.41) is 14.1. The summed E-state index contributed by atoms with van der Waals surface area (Å²) in [6.07, 6.45) is 0.744. The average Bonchev–Trinajstić information content (AvgIpc) is 2.85. The van der Waals surface area contributed by atoms with Crippen LogP contribution in [0.2, 0.25) is 0 Å². The van der Waals surface area contributed by atoms with Gasteiger partial charge in [-0.3, -0.25) is 4.79 Å². The number of carboxylic acids is 1. The monoisotopic (exact) mass is 301 g/mol. The van der Waals surface area contributed by atoms with Crippen molar-refractivity contribution < 1.29 is 24.2 Å². The fourth-order valence-electron chi connectivity index (χ4n) is 2.35. The van der Waals surface area contributed by atoms with Crippen LogP contribution in [-0.4, -0.2) is 67.8 Å². The average molecular weight is 301 g/mol. The van der Waals surface area contributed by atoms with Gasteiger partial charge in [-0.1, -0.05) is 0 Å². The van der Waals surface area contributed by atoms with Crippen LogP contribution in [0.15, 0.2) is 0 Å². The van der Waals surface area contributed by atoms with E-state index in [0.29, 0.717) is 13.0 Å². The highest BCUT2D eigenvalue weighted by molar-refractivity contribution is 5.86. The van der Waals surface area contributed by atoms with Crippen molar-refractivity contribution in [1.82, 2.24) is 15.5 Å². The van der Waals surface area contributed by atoms with Gasteiger partial charge in [-0.25, -0.2) is 9.59 Å². The minimum atomic E-state index is -1.10. The van der Waals surface area contributed by atoms with Crippen LogP contribution in [0.5, 0.6) is 0 Å². The molecule has 8 nitrogen and oxygen atoms in total. The van der Waals surface area contributed by atoms with Gasteiger partial charge in [0.1, 0.15) is 6.04 Å². The maximum absolute atomic E-state index is 12.1. The molecular formula is C13H23N3O5. The van der Waals surface area contributed by atoms with Crippen molar-refractivity contribution >= 4 is 17.9 Å². The lowest BCUT2D eigenvalue weighted by Crippen LogP contribution is -2.49. The molecule has 0 aliphatic carbocycles. The Balaban J connectivity index is 2.60. The number of aliphatic carboxylic acids is 1. The van der Waals surface area contributed by atoms with Gasteiger partial charge in [-0.15, -0.1) is 0 Å². The summed E-state index contributed by atoms with van der Waals surface area (Å²) >= 11 is 0. The number of likely N-dealkylation sites (tertiary alicyclic amines) is 1. The van der Waals surface area contributed by atoms with Gasteiger partial charge >= 0.3 is 12.0 Å². The molecule has 120 valence electrons. The van der Waals surface area contributed by atoms with Crippen LogP contribution < -0.4 is 10.6 Å². The molecule has 2 unspecified atom stereocenters. The number of amides is 3. The maximum Gasteiger partial charge on any atom is 0.326 e. The summed E-state index contributed by atoms with van der Waals surface area (Å²) < 4.78 is 4.83. The summed E-state index contributed by atoms with van der Waals surface area (Å²) in [5.74, 6) is -1.22. The van der Waals surface area contributed by atoms with Crippen LogP contribution in [0.1, 0.15) is 19.8 Å². The normalized spacial score (nSPS) is 22.7. The third kappa shape index (κ3) is 4.32. The summed E-state index contributed by atoms with van der Waals surface area (Å²) in [6.45, 7) is 2.73. The predicted molar refractivity (Wildman–Crippen MR) is 74.8 cm³/mol. The number of methoxy groups -OCH3 is 1. The van der Waals surface area contributed by atoms with Crippen molar-refractivity contribution in [2.75, 3.05) is 33.9 Å². The molecular weight excluding hydrogens is 278 g/mol. The van der Waals surface area contributed by atoms with Crippen LogP contribution in [0.4, 0.5) is 4.79 Å². The second-order valence-corrected chi connectivity index (χ2v) is 5.43. The first-order chi connectivity index (χ1) is 9.84. The van der Waals surface area contributed by atoms with Gasteiger partial charge in [0, 0.05) is 40.3 Å². The lowest BCUT2D eigenvalue weighted by molar-refractivity contribution is -0.139. The molecule has 0 aromatic heterocycles. The maximum atomic E-state index is 12.1. The van der Waals surface area contributed by atoms with Crippen molar-refractivity contribution in [1.29, 1.82) is 0 Å². The summed E-state index contributed by atoms with van der Waals surface area (Å²) in [5.41, 5.74) is -0.628. The fraction of sp³-hybridized carbons (Fsp3) is 0.769. The second kappa shape index (κ2) is 7.26. The molecule has 0 radical (unpaired) electrons. The van der Waals surface area contributed by atoms with E-state index in [2.05, 4.69) is 10.6 Å². The quantitative estimate of drug-likeness (QED) is 0.621. The zero-order valence-corrected chi connectivity index (χ0v) is 12.6. The molecule has 1 aliphatic rings. The van der Waals surface area contributed by atoms with Crippen molar-refractivity contribution in [3.8, 4) is 0 Å². The van der Waals surface area contributed by atoms with Crippen molar-refractivity contribution in [2.45, 2.75) is 25.8 Å². The van der Waals surface area contributed by atoms with Crippen molar-refractivity contribution in [2.24, 2.45) is 5.41 Å². The molecule has 1 heterocycles. The van der Waals surface area contributed by atoms with E-state index in [1.165, 1.54) is 12.0 Å². The topological polar surface area (TPSA) is 108 Å². The number of urea groups is 1. The number of rotatable bonds is 6. The molecule has 1 aliphatic heterocycles. The van der Waals surface area contributed by atoms with Crippen molar-refractivity contribution in [3.63, 3.8) is 0 Å². The Labute approximate surface area is 123 Å². The number of hydrogen-bond acceptors (Lipinski definition) is 4. The Morgan fingerprint density at radius 1 is 1.43 bits per heavy atom. The van der Waals surface area contributed by atoms with E-state index in [0.717, 1.165) is 0 Å². The lowest BCUT2D eigenvalue weighted by atomic mass is 9.89. The van der Waals surface area contributed by atoms with E-state index < -0.39 is 23.5 Å². The first kappa shape index (κ1) is 17.2. The molecule has 2 atom stereocenters. The fourth-order valence-corrected chi connectivity index (χ4v) is 2.35. The highest BCUT2D eigenvalue weighted by Gasteiger charge is 2.42. The number of carbonyl (C=O) groups excluding carboxylic acids is 2. The van der Waals surface area contributed by atoms with E-state index in [1.54, 1.807) is 14.0 Å². The standard InChI is InChI=1S/C13H23N3O5/c1-13(11(19)14-2)5-6-16(8-13)12(20)15-9(10(17)18)4-7-21-3/h9H,4-8H2,1-3H3,(H,14,19)(H,15,20)(H,17,18). The Bertz CT molecular complexity index is 415. The van der Waals surface area contributed by atoms with Gasteiger partial charge < -0.3 is 25.4 Å². The van der Waals surface area contributed by atoms with Crippen LogP contribution in [0, 0.1) is 5.41 Å². The Morgan fingerprint density at radius 2 is 2.10 bits per heavy atom. The van der Waals surface area contributed by atoms with E-state index in [1.807, 2.05) is 0 Å². The predicted octanol–water partition coefficient (Wildman–Crippen LogP) is -0.356. The molecule has 8 heteroatoms. The number of nitrogens with zero attached hydrogens (tertiary/aromatic N) is 1. The van der Waals surface area contributed by atoms with E-state index in [4.69, 9.17) is 9.84 Å². The van der Waals surface area contributed by atoms with Gasteiger partial charge in [-0.2, -0.15) is 0 Å². The lowest BCUT2D eigenvalue weighted by Gasteiger charge is -2.24. The van der Waals surface area contributed by atoms with Crippen LogP contribution in [0.3, 0.4) is 0 Å². The molecule has 1 fully saturated rings. The summed E-state index contributed by atoms with van der Waals surface area (Å²) in [7, 11) is 3.03. The van der Waals surface area contributed by atoms with E-state index in [9.17, 15) is 14.4 Å². The Morgan fingerprint density at radius 3 is 2.62 bits per heavy atom. The highest BCUT2D eigenvalue weighted by Crippen LogP contribution is 2.30. The zero-order valence-electron chi connectivity index (χ0n) is 12.6. The third-order valence-corrected chi connectivity index (χ3v) is 3.74. The van der Waals surface area contributed by atoms with Gasteiger partial charge in [0.2, 0.25) is 5.91 Å². The van der Waals surface area contributed by atoms with Gasteiger partial charge in [0.15, 0.2) is 0 Å². The molecule has 0 spiro atoms. The first-order valence-corrected chi connectivity index (χ1v) is 6.83. The van der Waals surface area contributed by atoms with Gasteiger partial charge in [0.05, 0.1) is 5.41 Å². The molecule has 1 rings (SSSR count). The van der Waals surface area contributed by atoms with Crippen LogP contribution >= 0.6 is 0 Å². The molecule has 21 heavy (non-hydrogen) atoms. The van der Waals surface area contributed by atoms with E-state index >= 15 is 0 Å². The largest absolute Gasteiger partial charge is 0.480 e. The molecule has 0 aromatic carbocycles. The number of ether oxygens (including phenoxy) is 1. The molecule has 0 saturated carbocycles. The van der Waals surface area contributed by atoms with Crippen LogP contribution in [-0.2, 0) is 14.3 Å². The Hall–Kier alpha value is -1.83. The summed E-state index contributed by atoms with van der Waals surface area (Å²) in [4.78, 5) is 36.5. The number of nitrogens with one attached hydrogen (secondary N) is 2. The molecule has 1 saturated heterocycles. The molecule has 3 amide bonds. The van der Waals surface area contributed by atoms with Crippen molar-refractivity contribution in [3.05, 3.63) is 0 Å². The smallest absolute Gasteiger partial charge is 0.326 e. The number of carbonyl (C=O) groups is 3. The Kier molecular flexibility index (Phi) is 5.95. The van der Waals surface area contributed by atoms with E-state index in [-0.39, 0.29) is 25.5 Å². The van der Waals surface area contributed by atoms with Gasteiger partial charge in [0.25, 0.3) is 0 Å². The number of hydrogen-bond donors (Lipinski definition) is 3. The first-order valence-electron chi connectivity index (χ1n) is 6.83. The molecule has 3 N–H and O–H groups in total. The summed E-state index contributed by atoms with van der Waals surface area (Å²) in [6, 6.07) is -1.46. The second-order valence-electron chi connectivity index (χ2n) is 5.43. The highest BCUT2D eigenvalue weighted by atomic mass is 16.5. The van der Waals surface area contributed by atoms with Crippen LogP contribution in [0.25, 0.3) is 0 Å². The third-order valence-electron chi connectivity index (χ3n) is 3.74. The number of carboxylic acid groups (broad SMARTS) is 1. The molecule has 0 aromatic rings. The zero-order chi connectivity index (χ0) is 16.0. The SMILES string of the molecule is CNC(=O)C1(C)CCN(C(=O)NC(CCOC)C(=O)O)C1. The minimum Gasteiger partial charge on any atom is -0.480 e.